The van der Waals surface area contributed by atoms with E-state index in [4.69, 9.17) is 26.1 Å². The van der Waals surface area contributed by atoms with Crippen LogP contribution in [0.2, 0.25) is 5.02 Å². The van der Waals surface area contributed by atoms with Crippen molar-refractivity contribution in [2.75, 3.05) is 50.8 Å². The molecule has 3 heterocycles. The number of fused-ring (bicyclic) bond motifs is 1. The van der Waals surface area contributed by atoms with E-state index < -0.39 is 6.04 Å². The van der Waals surface area contributed by atoms with Crippen LogP contribution < -0.4 is 19.3 Å². The summed E-state index contributed by atoms with van der Waals surface area (Å²) in [7, 11) is 5.61. The number of anilines is 2. The molecule has 9 nitrogen and oxygen atoms in total. The molecular formula is C36H44ClN5O4. The number of carbonyl (C=O) groups excluding carboxylic acids is 2. The summed E-state index contributed by atoms with van der Waals surface area (Å²) in [5, 5.41) is 0.633. The van der Waals surface area contributed by atoms with Crippen molar-refractivity contribution < 1.29 is 19.1 Å². The average Bonchev–Trinajstić information content (AvgIpc) is 3.38. The molecule has 2 amide bonds. The van der Waals surface area contributed by atoms with Crippen LogP contribution >= 0.6 is 11.6 Å². The average molecular weight is 646 g/mol. The summed E-state index contributed by atoms with van der Waals surface area (Å²) in [5.74, 6) is 2.62. The lowest BCUT2D eigenvalue weighted by Crippen LogP contribution is -2.41. The Morgan fingerprint density at radius 2 is 1.74 bits per heavy atom. The van der Waals surface area contributed by atoms with E-state index >= 15 is 0 Å². The first-order valence-electron chi connectivity index (χ1n) is 16.2. The van der Waals surface area contributed by atoms with Gasteiger partial charge in [-0.05, 0) is 98.5 Å². The van der Waals surface area contributed by atoms with Gasteiger partial charge in [0.1, 0.15) is 5.82 Å². The van der Waals surface area contributed by atoms with E-state index in [0.717, 1.165) is 61.3 Å². The maximum atomic E-state index is 13.9. The topological polar surface area (TPSA) is 78.5 Å². The molecule has 244 valence electrons. The molecule has 2 aromatic carbocycles. The van der Waals surface area contributed by atoms with E-state index in [9.17, 15) is 9.59 Å². The van der Waals surface area contributed by atoms with E-state index in [0.29, 0.717) is 40.8 Å². The van der Waals surface area contributed by atoms with Gasteiger partial charge in [-0.15, -0.1) is 0 Å². The molecule has 1 aromatic heterocycles. The number of rotatable bonds is 9. The molecule has 0 unspecified atom stereocenters. The van der Waals surface area contributed by atoms with Crippen LogP contribution in [0.5, 0.6) is 11.5 Å². The van der Waals surface area contributed by atoms with Crippen molar-refractivity contribution in [3.8, 4) is 11.5 Å². The number of carbonyl (C=O) groups is 2. The number of nitrogens with zero attached hydrogens (tertiary/aromatic N) is 5. The minimum atomic E-state index is -0.411. The fraction of sp³-hybridized carbons (Fsp3) is 0.472. The van der Waals surface area contributed by atoms with Crippen LogP contribution in [0, 0.1) is 5.92 Å². The van der Waals surface area contributed by atoms with Gasteiger partial charge in [0.2, 0.25) is 11.8 Å². The molecule has 1 saturated carbocycles. The van der Waals surface area contributed by atoms with Gasteiger partial charge in [-0.2, -0.15) is 0 Å². The van der Waals surface area contributed by atoms with Crippen molar-refractivity contribution in [2.24, 2.45) is 5.92 Å². The second-order valence-corrected chi connectivity index (χ2v) is 13.6. The summed E-state index contributed by atoms with van der Waals surface area (Å²) in [6, 6.07) is 15.6. The number of pyridine rings is 1. The summed E-state index contributed by atoms with van der Waals surface area (Å²) in [4.78, 5) is 38.9. The van der Waals surface area contributed by atoms with Gasteiger partial charge < -0.3 is 19.3 Å². The van der Waals surface area contributed by atoms with Crippen LogP contribution in [0.3, 0.4) is 0 Å². The maximum absolute atomic E-state index is 13.9. The predicted molar refractivity (Wildman–Crippen MR) is 181 cm³/mol. The monoisotopic (exact) mass is 645 g/mol. The summed E-state index contributed by atoms with van der Waals surface area (Å²) < 4.78 is 11.8. The molecule has 46 heavy (non-hydrogen) atoms. The lowest BCUT2D eigenvalue weighted by atomic mass is 9.85. The van der Waals surface area contributed by atoms with Gasteiger partial charge in [0, 0.05) is 31.7 Å². The van der Waals surface area contributed by atoms with Crippen LogP contribution in [0.1, 0.15) is 62.3 Å². The third-order valence-electron chi connectivity index (χ3n) is 9.58. The normalized spacial score (nSPS) is 21.9. The summed E-state index contributed by atoms with van der Waals surface area (Å²) in [6.07, 6.45) is 6.59. The van der Waals surface area contributed by atoms with Gasteiger partial charge in [0.15, 0.2) is 11.5 Å². The molecule has 10 heteroatoms. The van der Waals surface area contributed by atoms with Gasteiger partial charge >= 0.3 is 0 Å². The number of ether oxygens (including phenoxy) is 2. The molecule has 2 fully saturated rings. The maximum Gasteiger partial charge on any atom is 0.237 e. The highest BCUT2D eigenvalue weighted by Gasteiger charge is 2.37. The van der Waals surface area contributed by atoms with Crippen LogP contribution in [0.4, 0.5) is 11.5 Å². The van der Waals surface area contributed by atoms with Crippen molar-refractivity contribution in [1.82, 2.24) is 14.8 Å². The standard InChI is InChI=1S/C36H44ClN5O4/c1-23(2)46-32-18-30-26(16-31(32)45-5)17-34(43)42(36(30)25-8-10-27(37)11-9-25)33-15-14-29(19-38-33)39(3)20-24-6-12-28(13-7-24)41-21-35(44)40(4)22-41/h8-11,14-16,18-19,23-24,28,36H,6-7,12-13,17,20-22H2,1-5H3/t24?,28?,36-/m0/s1. The molecule has 1 saturated heterocycles. The minimum absolute atomic E-state index is 0.0386. The molecule has 3 aromatic rings. The van der Waals surface area contributed by atoms with Gasteiger partial charge in [0.05, 0.1) is 50.8 Å². The second-order valence-electron chi connectivity index (χ2n) is 13.2. The quantitative estimate of drug-likeness (QED) is 0.285. The molecule has 0 spiro atoms. The third-order valence-corrected chi connectivity index (χ3v) is 9.83. The molecule has 6 rings (SSSR count). The van der Waals surface area contributed by atoms with Crippen molar-refractivity contribution >= 4 is 34.9 Å². The van der Waals surface area contributed by atoms with Crippen molar-refractivity contribution in [1.29, 1.82) is 0 Å². The predicted octanol–water partition coefficient (Wildman–Crippen LogP) is 5.94. The molecule has 0 radical (unpaired) electrons. The minimum Gasteiger partial charge on any atom is -0.493 e. The Morgan fingerprint density at radius 3 is 2.35 bits per heavy atom. The summed E-state index contributed by atoms with van der Waals surface area (Å²) in [5.41, 5.74) is 3.83. The molecule has 2 aliphatic heterocycles. The Hall–Kier alpha value is -3.82. The smallest absolute Gasteiger partial charge is 0.237 e. The number of aromatic nitrogens is 1. The van der Waals surface area contributed by atoms with E-state index in [-0.39, 0.29) is 24.3 Å². The Bertz CT molecular complexity index is 1560. The number of halogens is 1. The number of methoxy groups -OCH3 is 1. The lowest BCUT2D eigenvalue weighted by molar-refractivity contribution is -0.125. The highest BCUT2D eigenvalue weighted by Crippen LogP contribution is 2.43. The number of hydrogen-bond donors (Lipinski definition) is 0. The zero-order chi connectivity index (χ0) is 32.5. The van der Waals surface area contributed by atoms with Crippen LogP contribution in [0.15, 0.2) is 54.7 Å². The number of hydrogen-bond acceptors (Lipinski definition) is 7. The number of amides is 2. The summed E-state index contributed by atoms with van der Waals surface area (Å²) in [6.45, 7) is 6.20. The molecule has 0 bridgehead atoms. The Kier molecular flexibility index (Phi) is 9.43. The van der Waals surface area contributed by atoms with Gasteiger partial charge in [-0.1, -0.05) is 23.7 Å². The zero-order valence-corrected chi connectivity index (χ0v) is 28.2. The van der Waals surface area contributed by atoms with Crippen LogP contribution in [0.25, 0.3) is 0 Å². The highest BCUT2D eigenvalue weighted by molar-refractivity contribution is 6.30. The lowest BCUT2D eigenvalue weighted by Gasteiger charge is -2.38. The highest BCUT2D eigenvalue weighted by atomic mass is 35.5. The van der Waals surface area contributed by atoms with E-state index in [1.165, 1.54) is 0 Å². The van der Waals surface area contributed by atoms with Gasteiger partial charge in [-0.25, -0.2) is 4.98 Å². The molecule has 1 atom stereocenters. The number of likely N-dealkylation sites (N-methyl/N-ethyl adjacent to an activating group) is 1. The Balaban J connectivity index is 1.21. The molecule has 3 aliphatic rings. The first kappa shape index (κ1) is 32.1. The fourth-order valence-corrected chi connectivity index (χ4v) is 7.29. The third kappa shape index (κ3) is 6.67. The Labute approximate surface area is 277 Å². The van der Waals surface area contributed by atoms with Gasteiger partial charge in [0.25, 0.3) is 0 Å². The summed E-state index contributed by atoms with van der Waals surface area (Å²) >= 11 is 6.27. The second kappa shape index (κ2) is 13.5. The van der Waals surface area contributed by atoms with Crippen molar-refractivity contribution in [2.45, 2.75) is 64.1 Å². The zero-order valence-electron chi connectivity index (χ0n) is 27.4. The largest absolute Gasteiger partial charge is 0.493 e. The Morgan fingerprint density at radius 1 is 1.00 bits per heavy atom. The fourth-order valence-electron chi connectivity index (χ4n) is 7.17. The van der Waals surface area contributed by atoms with Gasteiger partial charge in [-0.3, -0.25) is 19.4 Å². The first-order chi connectivity index (χ1) is 22.1. The van der Waals surface area contributed by atoms with Crippen LogP contribution in [-0.4, -0.2) is 79.7 Å². The SMILES string of the molecule is COc1cc2c(cc1OC(C)C)[C@H](c1ccc(Cl)cc1)N(c1ccc(N(C)CC3CCC(N4CC(=O)N(C)C4)CC3)cn1)C(=O)C2. The molecule has 0 N–H and O–H groups in total. The number of benzene rings is 2. The van der Waals surface area contributed by atoms with Crippen molar-refractivity contribution in [3.63, 3.8) is 0 Å². The first-order valence-corrected chi connectivity index (χ1v) is 16.6. The van der Waals surface area contributed by atoms with E-state index in [1.54, 1.807) is 12.0 Å². The van der Waals surface area contributed by atoms with E-state index in [2.05, 4.69) is 22.9 Å². The molecule has 1 aliphatic carbocycles. The van der Waals surface area contributed by atoms with E-state index in [1.807, 2.05) is 74.5 Å². The van der Waals surface area contributed by atoms with Crippen LogP contribution in [-0.2, 0) is 16.0 Å². The molecular weight excluding hydrogens is 602 g/mol. The van der Waals surface area contributed by atoms with Crippen molar-refractivity contribution in [3.05, 3.63) is 76.4 Å².